The van der Waals surface area contributed by atoms with E-state index in [1.165, 1.54) is 7.11 Å². The zero-order valence-electron chi connectivity index (χ0n) is 9.01. The molecule has 0 spiro atoms. The number of hydrogen-bond acceptors (Lipinski definition) is 3. The number of fused-ring (bicyclic) bond motifs is 1. The molecule has 0 aliphatic heterocycles. The average Bonchev–Trinajstić information content (AvgIpc) is 2.68. The van der Waals surface area contributed by atoms with Crippen LogP contribution < -0.4 is 0 Å². The number of methoxy groups -OCH3 is 1. The lowest BCUT2D eigenvalue weighted by atomic mass is 10.2. The van der Waals surface area contributed by atoms with Crippen molar-refractivity contribution in [2.75, 3.05) is 13.7 Å². The third kappa shape index (κ3) is 1.67. The van der Waals surface area contributed by atoms with Gasteiger partial charge < -0.3 is 14.4 Å². The predicted molar refractivity (Wildman–Crippen MR) is 60.4 cm³/mol. The standard InChI is InChI=1S/C12H13NO3/c1-16-12(15)10-8-13(6-7-14)11-5-3-2-4-9(10)11/h2-5,8,14H,6-7H2,1H3. The molecular weight excluding hydrogens is 206 g/mol. The molecule has 0 aliphatic carbocycles. The first-order valence-electron chi connectivity index (χ1n) is 5.05. The number of para-hydroxylation sites is 1. The summed E-state index contributed by atoms with van der Waals surface area (Å²) in [6.45, 7) is 0.511. The lowest BCUT2D eigenvalue weighted by Gasteiger charge is -2.00. The van der Waals surface area contributed by atoms with Gasteiger partial charge in [0.2, 0.25) is 0 Å². The molecule has 1 heterocycles. The van der Waals surface area contributed by atoms with E-state index in [0.717, 1.165) is 10.9 Å². The van der Waals surface area contributed by atoms with Gasteiger partial charge in [0.25, 0.3) is 0 Å². The Kier molecular flexibility index (Phi) is 2.92. The van der Waals surface area contributed by atoms with Gasteiger partial charge in [0, 0.05) is 23.6 Å². The van der Waals surface area contributed by atoms with Crippen molar-refractivity contribution in [1.82, 2.24) is 4.57 Å². The molecule has 1 aromatic heterocycles. The Morgan fingerprint density at radius 1 is 1.44 bits per heavy atom. The number of aliphatic hydroxyl groups excluding tert-OH is 1. The number of aromatic nitrogens is 1. The molecule has 4 heteroatoms. The molecule has 2 aromatic rings. The van der Waals surface area contributed by atoms with Gasteiger partial charge in [-0.3, -0.25) is 0 Å². The maximum Gasteiger partial charge on any atom is 0.340 e. The number of benzene rings is 1. The molecule has 0 fully saturated rings. The molecule has 4 nitrogen and oxygen atoms in total. The highest BCUT2D eigenvalue weighted by Gasteiger charge is 2.14. The third-order valence-corrected chi connectivity index (χ3v) is 2.53. The molecule has 0 saturated heterocycles. The molecule has 0 amide bonds. The molecule has 1 N–H and O–H groups in total. The highest BCUT2D eigenvalue weighted by Crippen LogP contribution is 2.21. The van der Waals surface area contributed by atoms with Gasteiger partial charge in [-0.1, -0.05) is 18.2 Å². The second-order valence-electron chi connectivity index (χ2n) is 3.47. The van der Waals surface area contributed by atoms with Gasteiger partial charge in [-0.15, -0.1) is 0 Å². The highest BCUT2D eigenvalue weighted by atomic mass is 16.5. The SMILES string of the molecule is COC(=O)c1cn(CCO)c2ccccc12. The Bertz CT molecular complexity index is 516. The number of carbonyl (C=O) groups excluding carboxylic acids is 1. The van der Waals surface area contributed by atoms with Crippen LogP contribution in [0.15, 0.2) is 30.5 Å². The zero-order valence-corrected chi connectivity index (χ0v) is 9.01. The minimum absolute atomic E-state index is 0.0410. The molecular formula is C12H13NO3. The highest BCUT2D eigenvalue weighted by molar-refractivity contribution is 6.04. The van der Waals surface area contributed by atoms with E-state index in [1.807, 2.05) is 28.8 Å². The number of nitrogens with zero attached hydrogens (tertiary/aromatic N) is 1. The molecule has 2 rings (SSSR count). The second kappa shape index (κ2) is 4.37. The van der Waals surface area contributed by atoms with Crippen LogP contribution in [0.1, 0.15) is 10.4 Å². The summed E-state index contributed by atoms with van der Waals surface area (Å²) in [5.74, 6) is -0.354. The monoisotopic (exact) mass is 219 g/mol. The van der Waals surface area contributed by atoms with E-state index in [2.05, 4.69) is 0 Å². The minimum Gasteiger partial charge on any atom is -0.465 e. The van der Waals surface area contributed by atoms with E-state index < -0.39 is 0 Å². The van der Waals surface area contributed by atoms with Crippen LogP contribution in [0.5, 0.6) is 0 Å². The van der Waals surface area contributed by atoms with Crippen LogP contribution in [-0.2, 0) is 11.3 Å². The smallest absolute Gasteiger partial charge is 0.340 e. The van der Waals surface area contributed by atoms with Crippen LogP contribution >= 0.6 is 0 Å². The average molecular weight is 219 g/mol. The first-order valence-corrected chi connectivity index (χ1v) is 5.05. The zero-order chi connectivity index (χ0) is 11.5. The van der Waals surface area contributed by atoms with Crippen LogP contribution in [0, 0.1) is 0 Å². The summed E-state index contributed by atoms with van der Waals surface area (Å²) < 4.78 is 6.57. The molecule has 1 aromatic carbocycles. The quantitative estimate of drug-likeness (QED) is 0.794. The van der Waals surface area contributed by atoms with Gasteiger partial charge in [-0.25, -0.2) is 4.79 Å². The van der Waals surface area contributed by atoms with E-state index in [-0.39, 0.29) is 12.6 Å². The van der Waals surface area contributed by atoms with Crippen molar-refractivity contribution >= 4 is 16.9 Å². The van der Waals surface area contributed by atoms with Crippen LogP contribution in [0.25, 0.3) is 10.9 Å². The van der Waals surface area contributed by atoms with Crippen molar-refractivity contribution < 1.29 is 14.6 Å². The summed E-state index contributed by atoms with van der Waals surface area (Å²) in [6, 6.07) is 7.56. The topological polar surface area (TPSA) is 51.5 Å². The Morgan fingerprint density at radius 2 is 2.19 bits per heavy atom. The van der Waals surface area contributed by atoms with E-state index in [1.54, 1.807) is 6.20 Å². The maximum atomic E-state index is 11.5. The van der Waals surface area contributed by atoms with Gasteiger partial charge >= 0.3 is 5.97 Å². The normalized spacial score (nSPS) is 10.6. The number of rotatable bonds is 3. The Balaban J connectivity index is 2.61. The van der Waals surface area contributed by atoms with Gasteiger partial charge in [0.1, 0.15) is 0 Å². The molecule has 0 radical (unpaired) electrons. The molecule has 0 saturated carbocycles. The second-order valence-corrected chi connectivity index (χ2v) is 3.47. The van der Waals surface area contributed by atoms with E-state index >= 15 is 0 Å². The largest absolute Gasteiger partial charge is 0.465 e. The molecule has 0 aliphatic rings. The van der Waals surface area contributed by atoms with E-state index in [9.17, 15) is 4.79 Å². The lowest BCUT2D eigenvalue weighted by molar-refractivity contribution is 0.0602. The molecule has 0 bridgehead atoms. The lowest BCUT2D eigenvalue weighted by Crippen LogP contribution is -2.02. The van der Waals surface area contributed by atoms with Crippen molar-refractivity contribution in [2.24, 2.45) is 0 Å². The fourth-order valence-electron chi connectivity index (χ4n) is 1.81. The van der Waals surface area contributed by atoms with E-state index in [0.29, 0.717) is 12.1 Å². The van der Waals surface area contributed by atoms with Crippen molar-refractivity contribution in [3.63, 3.8) is 0 Å². The fourth-order valence-corrected chi connectivity index (χ4v) is 1.81. The number of aliphatic hydroxyl groups is 1. The Hall–Kier alpha value is -1.81. The first kappa shape index (κ1) is 10.7. The van der Waals surface area contributed by atoms with Crippen LogP contribution in [0.2, 0.25) is 0 Å². The fraction of sp³-hybridized carbons (Fsp3) is 0.250. The third-order valence-electron chi connectivity index (χ3n) is 2.53. The van der Waals surface area contributed by atoms with Gasteiger partial charge in [-0.05, 0) is 6.07 Å². The molecule has 0 unspecified atom stereocenters. The van der Waals surface area contributed by atoms with Gasteiger partial charge in [0.05, 0.1) is 19.3 Å². The minimum atomic E-state index is -0.354. The van der Waals surface area contributed by atoms with Crippen LogP contribution in [-0.4, -0.2) is 29.4 Å². The summed E-state index contributed by atoms with van der Waals surface area (Å²) in [7, 11) is 1.36. The number of carbonyl (C=O) groups is 1. The molecule has 0 atom stereocenters. The summed E-state index contributed by atoms with van der Waals surface area (Å²) in [4.78, 5) is 11.5. The van der Waals surface area contributed by atoms with Crippen molar-refractivity contribution in [3.8, 4) is 0 Å². The van der Waals surface area contributed by atoms with E-state index in [4.69, 9.17) is 9.84 Å². The summed E-state index contributed by atoms with van der Waals surface area (Å²) in [5, 5.41) is 9.80. The van der Waals surface area contributed by atoms with Crippen LogP contribution in [0.4, 0.5) is 0 Å². The number of ether oxygens (including phenoxy) is 1. The Morgan fingerprint density at radius 3 is 2.88 bits per heavy atom. The Labute approximate surface area is 93.1 Å². The number of hydrogen-bond donors (Lipinski definition) is 1. The van der Waals surface area contributed by atoms with Crippen molar-refractivity contribution in [1.29, 1.82) is 0 Å². The maximum absolute atomic E-state index is 11.5. The van der Waals surface area contributed by atoms with Gasteiger partial charge in [-0.2, -0.15) is 0 Å². The summed E-state index contributed by atoms with van der Waals surface area (Å²) in [6.07, 6.45) is 1.72. The summed E-state index contributed by atoms with van der Waals surface area (Å²) in [5.41, 5.74) is 1.46. The summed E-state index contributed by atoms with van der Waals surface area (Å²) >= 11 is 0. The predicted octanol–water partition coefficient (Wildman–Crippen LogP) is 1.42. The van der Waals surface area contributed by atoms with Gasteiger partial charge in [0.15, 0.2) is 0 Å². The molecule has 84 valence electrons. The van der Waals surface area contributed by atoms with Crippen molar-refractivity contribution in [3.05, 3.63) is 36.0 Å². The van der Waals surface area contributed by atoms with Crippen LogP contribution in [0.3, 0.4) is 0 Å². The first-order chi connectivity index (χ1) is 7.77. The number of esters is 1. The molecule has 16 heavy (non-hydrogen) atoms. The van der Waals surface area contributed by atoms with Crippen molar-refractivity contribution in [2.45, 2.75) is 6.54 Å².